The highest BCUT2D eigenvalue weighted by Gasteiger charge is 2.24. The third-order valence-corrected chi connectivity index (χ3v) is 4.79. The molecule has 37 heavy (non-hydrogen) atoms. The fourth-order valence-electron chi connectivity index (χ4n) is 2.69. The van der Waals surface area contributed by atoms with Crippen LogP contribution >= 0.6 is 0 Å². The van der Waals surface area contributed by atoms with Gasteiger partial charge in [0.05, 0.1) is 18.8 Å². The number of rotatable bonds is 11. The maximum Gasteiger partial charge on any atom is 0.293 e. The molecule has 2 unspecified atom stereocenters. The monoisotopic (exact) mass is 517 g/mol. The van der Waals surface area contributed by atoms with Gasteiger partial charge in [-0.25, -0.2) is 0 Å². The van der Waals surface area contributed by atoms with E-state index in [0.717, 1.165) is 16.9 Å². The lowest BCUT2D eigenvalue weighted by atomic mass is 9.78. The zero-order valence-electron chi connectivity index (χ0n) is 23.6. The molecule has 1 aliphatic carbocycles. The van der Waals surface area contributed by atoms with Crippen LogP contribution in [0.4, 0.5) is 0 Å². The molecule has 0 amide bonds. The zero-order valence-corrected chi connectivity index (χ0v) is 23.6. The Morgan fingerprint density at radius 3 is 2.14 bits per heavy atom. The summed E-state index contributed by atoms with van der Waals surface area (Å²) in [5.74, 6) is 1.45. The summed E-state index contributed by atoms with van der Waals surface area (Å²) in [6.45, 7) is 18.3. The predicted octanol–water partition coefficient (Wildman–Crippen LogP) is 5.34. The number of hydrogen-bond acceptors (Lipinski definition) is 7. The standard InChI is InChI=1S/C23H30O4.C3H6O2.C2H5N.C2H6/c1-5-20(25)16-27-21-8-6-7-18(9-12-21)23(3,4)19-10-13-22(14-11-19)26-15-17(2)24;1-2-5-3-4;1-2-3;1-2/h6,8-14,17,20,24-25H,5,15-16H2,1-4H3;3H,2H2,1H3;2H,1,3H2;1-2H3. The molecule has 0 saturated heterocycles. The van der Waals surface area contributed by atoms with Gasteiger partial charge in [-0.15, -0.1) is 5.73 Å². The van der Waals surface area contributed by atoms with E-state index in [4.69, 9.17) is 9.47 Å². The molecule has 4 N–H and O–H groups in total. The summed E-state index contributed by atoms with van der Waals surface area (Å²) in [7, 11) is 0. The molecule has 1 aliphatic rings. The predicted molar refractivity (Wildman–Crippen MR) is 151 cm³/mol. The second-order valence-electron chi connectivity index (χ2n) is 8.10. The Balaban J connectivity index is 0. The van der Waals surface area contributed by atoms with E-state index in [1.54, 1.807) is 13.8 Å². The average molecular weight is 518 g/mol. The van der Waals surface area contributed by atoms with Crippen molar-refractivity contribution in [2.75, 3.05) is 19.8 Å². The lowest BCUT2D eigenvalue weighted by Gasteiger charge is -2.26. The first kappa shape index (κ1) is 35.9. The molecule has 1 aromatic carbocycles. The van der Waals surface area contributed by atoms with E-state index in [9.17, 15) is 15.0 Å². The number of ether oxygens (including phenoxy) is 3. The van der Waals surface area contributed by atoms with E-state index in [0.29, 0.717) is 25.3 Å². The molecule has 0 saturated carbocycles. The minimum absolute atomic E-state index is 0.248. The second kappa shape index (κ2) is 22.0. The molecule has 1 aromatic rings. The van der Waals surface area contributed by atoms with Crippen molar-refractivity contribution in [2.24, 2.45) is 5.73 Å². The van der Waals surface area contributed by atoms with Gasteiger partial charge in [-0.3, -0.25) is 4.79 Å². The SMILES string of the molecule is C=CN.CC.CCC(O)COC1=CC=C=C(C(C)(C)c2ccc(OCC(C)O)cc2)C=C1.CCOC=O. The van der Waals surface area contributed by atoms with Crippen LogP contribution in [0, 0.1) is 0 Å². The van der Waals surface area contributed by atoms with Gasteiger partial charge in [0.2, 0.25) is 0 Å². The van der Waals surface area contributed by atoms with Gasteiger partial charge in [0, 0.05) is 11.0 Å². The summed E-state index contributed by atoms with van der Waals surface area (Å²) in [5.41, 5.74) is 9.86. The topological polar surface area (TPSA) is 111 Å². The molecular formula is C30H47NO6. The Labute approximate surface area is 223 Å². The maximum atomic E-state index is 9.65. The van der Waals surface area contributed by atoms with Crippen molar-refractivity contribution in [3.63, 3.8) is 0 Å². The van der Waals surface area contributed by atoms with Gasteiger partial charge in [-0.1, -0.05) is 53.3 Å². The van der Waals surface area contributed by atoms with Crippen molar-refractivity contribution in [3.05, 3.63) is 84.0 Å². The van der Waals surface area contributed by atoms with Crippen LogP contribution in [0.25, 0.3) is 0 Å². The number of hydrogen-bond donors (Lipinski definition) is 3. The highest BCUT2D eigenvalue weighted by Crippen LogP contribution is 2.33. The van der Waals surface area contributed by atoms with Gasteiger partial charge < -0.3 is 30.2 Å². The van der Waals surface area contributed by atoms with Crippen LogP contribution < -0.4 is 10.5 Å². The molecule has 7 heteroatoms. The minimum atomic E-state index is -0.491. The normalized spacial score (nSPS) is 13.2. The molecule has 2 atom stereocenters. The summed E-state index contributed by atoms with van der Waals surface area (Å²) < 4.78 is 15.3. The molecule has 2 rings (SSSR count). The van der Waals surface area contributed by atoms with Crippen LogP contribution in [-0.4, -0.2) is 48.7 Å². The van der Waals surface area contributed by atoms with Gasteiger partial charge >= 0.3 is 0 Å². The largest absolute Gasteiger partial charge is 0.491 e. The lowest BCUT2D eigenvalue weighted by molar-refractivity contribution is -0.128. The molecular weight excluding hydrogens is 470 g/mol. The molecule has 0 radical (unpaired) electrons. The van der Waals surface area contributed by atoms with Crippen molar-refractivity contribution in [1.82, 2.24) is 0 Å². The molecule has 208 valence electrons. The Bertz CT molecular complexity index is 863. The number of aliphatic hydroxyl groups excluding tert-OH is 2. The van der Waals surface area contributed by atoms with Crippen LogP contribution in [-0.2, 0) is 19.7 Å². The van der Waals surface area contributed by atoms with Crippen molar-refractivity contribution in [2.45, 2.75) is 72.5 Å². The maximum absolute atomic E-state index is 9.65. The first-order valence-electron chi connectivity index (χ1n) is 12.6. The number of nitrogens with two attached hydrogens (primary N) is 1. The van der Waals surface area contributed by atoms with E-state index >= 15 is 0 Å². The molecule has 0 bridgehead atoms. The summed E-state index contributed by atoms with van der Waals surface area (Å²) in [4.78, 5) is 9.18. The average Bonchev–Trinajstić information content (AvgIpc) is 3.15. The summed E-state index contributed by atoms with van der Waals surface area (Å²) in [6.07, 6.45) is 8.60. The number of carbonyl (C=O) groups excluding carboxylic acids is 1. The van der Waals surface area contributed by atoms with Crippen LogP contribution in [0.15, 0.2) is 78.4 Å². The Morgan fingerprint density at radius 2 is 1.68 bits per heavy atom. The molecule has 0 fully saturated rings. The van der Waals surface area contributed by atoms with Crippen molar-refractivity contribution < 1.29 is 29.2 Å². The minimum Gasteiger partial charge on any atom is -0.491 e. The van der Waals surface area contributed by atoms with Gasteiger partial charge in [0.25, 0.3) is 6.47 Å². The highest BCUT2D eigenvalue weighted by atomic mass is 16.5. The molecule has 0 aromatic heterocycles. The summed E-state index contributed by atoms with van der Waals surface area (Å²) >= 11 is 0. The number of carbonyl (C=O) groups is 1. The van der Waals surface area contributed by atoms with Gasteiger partial charge in [-0.05, 0) is 68.5 Å². The third-order valence-electron chi connectivity index (χ3n) is 4.79. The summed E-state index contributed by atoms with van der Waals surface area (Å²) in [5, 5.41) is 19.0. The Kier molecular flexibility index (Phi) is 21.3. The van der Waals surface area contributed by atoms with Crippen molar-refractivity contribution in [3.8, 4) is 5.75 Å². The van der Waals surface area contributed by atoms with E-state index in [1.807, 2.05) is 69.3 Å². The van der Waals surface area contributed by atoms with Crippen molar-refractivity contribution >= 4 is 6.47 Å². The fourth-order valence-corrected chi connectivity index (χ4v) is 2.69. The zero-order chi connectivity index (χ0) is 28.7. The molecule has 7 nitrogen and oxygen atoms in total. The van der Waals surface area contributed by atoms with Crippen LogP contribution in [0.3, 0.4) is 0 Å². The number of benzene rings is 1. The van der Waals surface area contributed by atoms with E-state index in [-0.39, 0.29) is 18.6 Å². The first-order chi connectivity index (χ1) is 17.7. The fraction of sp³-hybridized carbons (Fsp3) is 0.467. The van der Waals surface area contributed by atoms with Gasteiger partial charge in [0.15, 0.2) is 0 Å². The highest BCUT2D eigenvalue weighted by molar-refractivity contribution is 5.44. The quantitative estimate of drug-likeness (QED) is 0.268. The van der Waals surface area contributed by atoms with Crippen LogP contribution in [0.5, 0.6) is 5.75 Å². The van der Waals surface area contributed by atoms with Crippen LogP contribution in [0.1, 0.15) is 60.5 Å². The Morgan fingerprint density at radius 1 is 1.08 bits per heavy atom. The third kappa shape index (κ3) is 16.2. The lowest BCUT2D eigenvalue weighted by Crippen LogP contribution is -2.19. The van der Waals surface area contributed by atoms with Gasteiger partial charge in [0.1, 0.15) is 24.7 Å². The number of allylic oxidation sites excluding steroid dienone is 4. The van der Waals surface area contributed by atoms with Gasteiger partial charge in [-0.2, -0.15) is 0 Å². The molecule has 0 heterocycles. The smallest absolute Gasteiger partial charge is 0.293 e. The first-order valence-corrected chi connectivity index (χ1v) is 12.6. The van der Waals surface area contributed by atoms with Crippen molar-refractivity contribution in [1.29, 1.82) is 0 Å². The molecule has 0 spiro atoms. The van der Waals surface area contributed by atoms with E-state index in [2.05, 4.69) is 36.6 Å². The Hall–Kier alpha value is -3.25. The van der Waals surface area contributed by atoms with E-state index < -0.39 is 12.2 Å². The summed E-state index contributed by atoms with van der Waals surface area (Å²) in [6, 6.07) is 7.91. The van der Waals surface area contributed by atoms with E-state index in [1.165, 1.54) is 6.20 Å². The second-order valence-corrected chi connectivity index (χ2v) is 8.10. The van der Waals surface area contributed by atoms with Crippen LogP contribution in [0.2, 0.25) is 0 Å². The molecule has 0 aliphatic heterocycles. The number of aliphatic hydroxyl groups is 2.